The number of nitrogens with zero attached hydrogens (tertiary/aromatic N) is 1. The molecule has 5 heteroatoms. The molecule has 0 aromatic carbocycles. The maximum atomic E-state index is 11.8. The van der Waals surface area contributed by atoms with Crippen LogP contribution in [0.5, 0.6) is 0 Å². The molecule has 1 N–H and O–H groups in total. The van der Waals surface area contributed by atoms with E-state index in [0.717, 1.165) is 0 Å². The van der Waals surface area contributed by atoms with Crippen LogP contribution >= 0.6 is 0 Å². The highest BCUT2D eigenvalue weighted by Gasteiger charge is 2.33. The van der Waals surface area contributed by atoms with E-state index in [1.54, 1.807) is 4.90 Å². The summed E-state index contributed by atoms with van der Waals surface area (Å²) in [6.45, 7) is 7.31. The van der Waals surface area contributed by atoms with Crippen LogP contribution in [-0.2, 0) is 9.47 Å². The van der Waals surface area contributed by atoms with Gasteiger partial charge in [-0.15, -0.1) is 0 Å². The second-order valence-electron chi connectivity index (χ2n) is 4.97. The largest absolute Gasteiger partial charge is 0.449 e. The summed E-state index contributed by atoms with van der Waals surface area (Å²) in [5.41, 5.74) is 0. The monoisotopic (exact) mass is 228 g/mol. The molecule has 2 saturated heterocycles. The van der Waals surface area contributed by atoms with Gasteiger partial charge in [-0.1, -0.05) is 13.8 Å². The average molecular weight is 228 g/mol. The molecule has 0 radical (unpaired) electrons. The average Bonchev–Trinajstić information content (AvgIpc) is 2.25. The lowest BCUT2D eigenvalue weighted by Gasteiger charge is -2.41. The maximum Gasteiger partial charge on any atom is 0.409 e. The fraction of sp³-hybridized carbons (Fsp3) is 0.909. The smallest absolute Gasteiger partial charge is 0.409 e. The second kappa shape index (κ2) is 5.01. The standard InChI is InChI=1S/C11H20N2O3/c1-8(2)5-16-11(14)13-3-9-6-15-7-10(4-13)12-9/h8-10,12H,3-7H2,1-2H3. The quantitative estimate of drug-likeness (QED) is 0.745. The molecule has 2 unspecified atom stereocenters. The zero-order valence-electron chi connectivity index (χ0n) is 9.94. The first-order valence-corrected chi connectivity index (χ1v) is 5.90. The minimum atomic E-state index is -0.188. The molecule has 0 aromatic heterocycles. The third-order valence-electron chi connectivity index (χ3n) is 2.79. The molecule has 2 atom stereocenters. The fourth-order valence-corrected chi connectivity index (χ4v) is 2.08. The number of hydrogen-bond donors (Lipinski definition) is 1. The van der Waals surface area contributed by atoms with Crippen molar-refractivity contribution in [3.8, 4) is 0 Å². The molecule has 2 heterocycles. The Hall–Kier alpha value is -0.810. The number of carbonyl (C=O) groups excluding carboxylic acids is 1. The molecule has 0 saturated carbocycles. The third kappa shape index (κ3) is 2.86. The van der Waals surface area contributed by atoms with Gasteiger partial charge in [-0.25, -0.2) is 4.79 Å². The van der Waals surface area contributed by atoms with Crippen molar-refractivity contribution in [2.24, 2.45) is 5.92 Å². The predicted octanol–water partition coefficient (Wildman–Crippen LogP) is 0.452. The number of piperazine rings is 1. The minimum Gasteiger partial charge on any atom is -0.449 e. The Morgan fingerprint density at radius 3 is 2.62 bits per heavy atom. The first kappa shape index (κ1) is 11.7. The molecule has 16 heavy (non-hydrogen) atoms. The summed E-state index contributed by atoms with van der Waals surface area (Å²) in [5, 5.41) is 3.43. The van der Waals surface area contributed by atoms with Crippen LogP contribution in [-0.4, -0.2) is 56.0 Å². The van der Waals surface area contributed by atoms with Crippen LogP contribution in [0.1, 0.15) is 13.8 Å². The molecule has 2 aliphatic heterocycles. The second-order valence-corrected chi connectivity index (χ2v) is 4.97. The highest BCUT2D eigenvalue weighted by Crippen LogP contribution is 2.12. The fourth-order valence-electron chi connectivity index (χ4n) is 2.08. The van der Waals surface area contributed by atoms with Crippen molar-refractivity contribution >= 4 is 6.09 Å². The molecular weight excluding hydrogens is 208 g/mol. The van der Waals surface area contributed by atoms with Crippen LogP contribution in [0.25, 0.3) is 0 Å². The highest BCUT2D eigenvalue weighted by atomic mass is 16.6. The Morgan fingerprint density at radius 2 is 2.06 bits per heavy atom. The van der Waals surface area contributed by atoms with Crippen molar-refractivity contribution in [1.82, 2.24) is 10.2 Å². The zero-order valence-corrected chi connectivity index (χ0v) is 9.94. The number of amides is 1. The van der Waals surface area contributed by atoms with E-state index in [-0.39, 0.29) is 18.2 Å². The lowest BCUT2D eigenvalue weighted by molar-refractivity contribution is -0.00857. The predicted molar refractivity (Wildman–Crippen MR) is 59.3 cm³/mol. The van der Waals surface area contributed by atoms with Gasteiger partial charge in [0.15, 0.2) is 0 Å². The van der Waals surface area contributed by atoms with Crippen molar-refractivity contribution < 1.29 is 14.3 Å². The van der Waals surface area contributed by atoms with Crippen LogP contribution < -0.4 is 5.32 Å². The summed E-state index contributed by atoms with van der Waals surface area (Å²) in [6, 6.07) is 0.526. The molecule has 92 valence electrons. The molecule has 5 nitrogen and oxygen atoms in total. The van der Waals surface area contributed by atoms with E-state index in [9.17, 15) is 4.79 Å². The summed E-state index contributed by atoms with van der Waals surface area (Å²) in [7, 11) is 0. The number of ether oxygens (including phenoxy) is 2. The summed E-state index contributed by atoms with van der Waals surface area (Å²) in [6.07, 6.45) is -0.188. The van der Waals surface area contributed by atoms with Gasteiger partial charge in [0.25, 0.3) is 0 Å². The molecule has 2 bridgehead atoms. The highest BCUT2D eigenvalue weighted by molar-refractivity contribution is 5.68. The van der Waals surface area contributed by atoms with Gasteiger partial charge in [-0.2, -0.15) is 0 Å². The van der Waals surface area contributed by atoms with Crippen molar-refractivity contribution in [2.45, 2.75) is 25.9 Å². The van der Waals surface area contributed by atoms with Gasteiger partial charge in [-0.3, -0.25) is 0 Å². The number of fused-ring (bicyclic) bond motifs is 2. The van der Waals surface area contributed by atoms with Gasteiger partial charge in [-0.05, 0) is 5.92 Å². The van der Waals surface area contributed by atoms with E-state index in [1.165, 1.54) is 0 Å². The number of nitrogens with one attached hydrogen (secondary N) is 1. The Labute approximate surface area is 96.1 Å². The molecule has 2 fully saturated rings. The van der Waals surface area contributed by atoms with Gasteiger partial charge in [0.2, 0.25) is 0 Å². The lowest BCUT2D eigenvalue weighted by Crippen LogP contribution is -2.63. The molecule has 1 amide bonds. The third-order valence-corrected chi connectivity index (χ3v) is 2.79. The van der Waals surface area contributed by atoms with Crippen LogP contribution in [0, 0.1) is 5.92 Å². The minimum absolute atomic E-state index is 0.188. The van der Waals surface area contributed by atoms with Crippen LogP contribution in [0.2, 0.25) is 0 Å². The van der Waals surface area contributed by atoms with Crippen LogP contribution in [0.15, 0.2) is 0 Å². The van der Waals surface area contributed by atoms with Crippen molar-refractivity contribution in [3.05, 3.63) is 0 Å². The summed E-state index contributed by atoms with van der Waals surface area (Å²) in [4.78, 5) is 13.6. The summed E-state index contributed by atoms with van der Waals surface area (Å²) >= 11 is 0. The normalized spacial score (nSPS) is 29.3. The van der Waals surface area contributed by atoms with E-state index in [4.69, 9.17) is 9.47 Å². The SMILES string of the molecule is CC(C)COC(=O)N1CC2COCC(C1)N2. The number of hydrogen-bond acceptors (Lipinski definition) is 4. The van der Waals surface area contributed by atoms with E-state index < -0.39 is 0 Å². The lowest BCUT2D eigenvalue weighted by atomic mass is 10.1. The van der Waals surface area contributed by atoms with Gasteiger partial charge >= 0.3 is 6.09 Å². The van der Waals surface area contributed by atoms with Gasteiger partial charge in [0.1, 0.15) is 0 Å². The summed E-state index contributed by atoms with van der Waals surface area (Å²) < 4.78 is 10.6. The van der Waals surface area contributed by atoms with Crippen molar-refractivity contribution in [1.29, 1.82) is 0 Å². The Morgan fingerprint density at radius 1 is 1.44 bits per heavy atom. The topological polar surface area (TPSA) is 50.8 Å². The molecule has 2 aliphatic rings. The summed E-state index contributed by atoms with van der Waals surface area (Å²) in [5.74, 6) is 0.384. The van der Waals surface area contributed by atoms with Crippen LogP contribution in [0.3, 0.4) is 0 Å². The number of rotatable bonds is 2. The molecule has 0 spiro atoms. The Balaban J connectivity index is 1.83. The first-order valence-electron chi connectivity index (χ1n) is 5.90. The van der Waals surface area contributed by atoms with Gasteiger partial charge in [0, 0.05) is 25.2 Å². The van der Waals surface area contributed by atoms with E-state index >= 15 is 0 Å². The molecule has 0 aromatic rings. The number of morpholine rings is 1. The van der Waals surface area contributed by atoms with Crippen molar-refractivity contribution in [3.63, 3.8) is 0 Å². The Kier molecular flexibility index (Phi) is 3.66. The van der Waals surface area contributed by atoms with Crippen molar-refractivity contribution in [2.75, 3.05) is 32.9 Å². The number of carbonyl (C=O) groups is 1. The van der Waals surface area contributed by atoms with Crippen LogP contribution in [0.4, 0.5) is 4.79 Å². The van der Waals surface area contributed by atoms with E-state index in [1.807, 2.05) is 13.8 Å². The molecule has 2 rings (SSSR count). The van der Waals surface area contributed by atoms with E-state index in [0.29, 0.717) is 38.8 Å². The Bertz CT molecular complexity index is 246. The van der Waals surface area contributed by atoms with Gasteiger partial charge < -0.3 is 19.7 Å². The first-order chi connectivity index (χ1) is 7.65. The molecule has 0 aliphatic carbocycles. The van der Waals surface area contributed by atoms with E-state index in [2.05, 4.69) is 5.32 Å². The maximum absolute atomic E-state index is 11.8. The van der Waals surface area contributed by atoms with Gasteiger partial charge in [0.05, 0.1) is 19.8 Å². The zero-order chi connectivity index (χ0) is 11.5. The molecular formula is C11H20N2O3.